The highest BCUT2D eigenvalue weighted by Gasteiger charge is 2.35. The van der Waals surface area contributed by atoms with Crippen molar-refractivity contribution in [2.75, 3.05) is 27.2 Å². The van der Waals surface area contributed by atoms with Crippen molar-refractivity contribution in [2.24, 2.45) is 4.99 Å². The van der Waals surface area contributed by atoms with Crippen molar-refractivity contribution in [3.05, 3.63) is 29.6 Å². The van der Waals surface area contributed by atoms with Crippen LogP contribution in [0.25, 0.3) is 0 Å². The second-order valence-corrected chi connectivity index (χ2v) is 7.66. The topological polar surface area (TPSA) is 53.0 Å². The van der Waals surface area contributed by atoms with Crippen molar-refractivity contribution >= 4 is 16.2 Å². The van der Waals surface area contributed by atoms with Crippen LogP contribution in [-0.4, -0.2) is 63.1 Å². The molecule has 1 heterocycles. The Hall–Kier alpha value is -1.31. The van der Waals surface area contributed by atoms with Gasteiger partial charge in [-0.1, -0.05) is 0 Å². The van der Waals surface area contributed by atoms with Gasteiger partial charge in [-0.25, -0.2) is 12.8 Å². The zero-order valence-corrected chi connectivity index (χ0v) is 14.1. The maximum atomic E-state index is 13.6. The largest absolute Gasteiger partial charge is 0.298 e. The predicted molar refractivity (Wildman–Crippen MR) is 85.4 cm³/mol. The summed E-state index contributed by atoms with van der Waals surface area (Å²) in [5, 5.41) is 0. The summed E-state index contributed by atoms with van der Waals surface area (Å²) in [4.78, 5) is 5.98. The third-order valence-corrected chi connectivity index (χ3v) is 6.08. The molecule has 0 spiro atoms. The minimum atomic E-state index is -3.75. The zero-order valence-electron chi connectivity index (χ0n) is 13.3. The summed E-state index contributed by atoms with van der Waals surface area (Å²) in [6.45, 7) is 4.75. The van der Waals surface area contributed by atoms with E-state index in [0.717, 1.165) is 6.07 Å². The maximum absolute atomic E-state index is 13.6. The van der Waals surface area contributed by atoms with E-state index in [9.17, 15) is 12.8 Å². The van der Waals surface area contributed by atoms with Gasteiger partial charge in [0.15, 0.2) is 0 Å². The van der Waals surface area contributed by atoms with Gasteiger partial charge in [-0.15, -0.1) is 0 Å². The van der Waals surface area contributed by atoms with E-state index in [2.05, 4.69) is 9.89 Å². The first-order chi connectivity index (χ1) is 10.3. The number of nitrogens with zero attached hydrogens (tertiary/aromatic N) is 3. The summed E-state index contributed by atoms with van der Waals surface area (Å²) in [6.07, 6.45) is 1.44. The molecule has 2 atom stereocenters. The fourth-order valence-corrected chi connectivity index (χ4v) is 4.45. The SMILES string of the molecule is CN=Cc1ccc(F)cc1S(=O)(=O)N1CC(C)N(C)C(C)C1. The highest BCUT2D eigenvalue weighted by Crippen LogP contribution is 2.24. The first kappa shape index (κ1) is 17.1. The molecule has 22 heavy (non-hydrogen) atoms. The summed E-state index contributed by atoms with van der Waals surface area (Å²) in [5.74, 6) is -0.568. The smallest absolute Gasteiger partial charge is 0.243 e. The number of hydrogen-bond acceptors (Lipinski definition) is 4. The van der Waals surface area contributed by atoms with Gasteiger partial charge in [-0.3, -0.25) is 9.89 Å². The molecule has 5 nitrogen and oxygen atoms in total. The molecule has 0 saturated carbocycles. The number of aliphatic imine (C=N–C) groups is 1. The van der Waals surface area contributed by atoms with Crippen LogP contribution in [0.4, 0.5) is 4.39 Å². The molecule has 1 saturated heterocycles. The minimum Gasteiger partial charge on any atom is -0.298 e. The van der Waals surface area contributed by atoms with E-state index >= 15 is 0 Å². The van der Waals surface area contributed by atoms with Crippen LogP contribution in [-0.2, 0) is 10.0 Å². The molecule has 0 bridgehead atoms. The Bertz CT molecular complexity index is 663. The van der Waals surface area contributed by atoms with Gasteiger partial charge in [0.05, 0.1) is 4.90 Å². The maximum Gasteiger partial charge on any atom is 0.243 e. The van der Waals surface area contributed by atoms with Gasteiger partial charge in [-0.2, -0.15) is 4.31 Å². The van der Waals surface area contributed by atoms with Crippen LogP contribution >= 0.6 is 0 Å². The Labute approximate surface area is 131 Å². The van der Waals surface area contributed by atoms with Crippen molar-refractivity contribution in [2.45, 2.75) is 30.8 Å². The summed E-state index contributed by atoms with van der Waals surface area (Å²) in [6, 6.07) is 3.97. The summed E-state index contributed by atoms with van der Waals surface area (Å²) >= 11 is 0. The number of halogens is 1. The molecule has 1 aliphatic rings. The molecular formula is C15H22FN3O2S. The fourth-order valence-electron chi connectivity index (χ4n) is 2.67. The Morgan fingerprint density at radius 2 is 1.86 bits per heavy atom. The van der Waals surface area contributed by atoms with Gasteiger partial charge in [0.2, 0.25) is 10.0 Å². The standard InChI is InChI=1S/C15H22FN3O2S/c1-11-9-19(10-12(2)18(11)4)22(20,21)15-7-14(16)6-5-13(15)8-17-3/h5-8,11-12H,9-10H2,1-4H3. The third-order valence-electron chi connectivity index (χ3n) is 4.19. The molecule has 0 amide bonds. The lowest BCUT2D eigenvalue weighted by molar-refractivity contribution is 0.105. The van der Waals surface area contributed by atoms with E-state index < -0.39 is 15.8 Å². The second kappa shape index (κ2) is 6.44. The first-order valence-corrected chi connectivity index (χ1v) is 8.65. The van der Waals surface area contributed by atoms with Crippen LogP contribution in [0.15, 0.2) is 28.1 Å². The molecule has 1 aromatic carbocycles. The van der Waals surface area contributed by atoms with Crippen molar-refractivity contribution in [3.63, 3.8) is 0 Å². The molecule has 0 N–H and O–H groups in total. The minimum absolute atomic E-state index is 0.0259. The zero-order chi connectivity index (χ0) is 16.5. The van der Waals surface area contributed by atoms with Gasteiger partial charge >= 0.3 is 0 Å². The van der Waals surface area contributed by atoms with Crippen molar-refractivity contribution < 1.29 is 12.8 Å². The van der Waals surface area contributed by atoms with Gasteiger partial charge in [0.25, 0.3) is 0 Å². The van der Waals surface area contributed by atoms with E-state index in [1.165, 1.54) is 22.7 Å². The van der Waals surface area contributed by atoms with E-state index in [-0.39, 0.29) is 17.0 Å². The van der Waals surface area contributed by atoms with E-state index in [1.807, 2.05) is 20.9 Å². The lowest BCUT2D eigenvalue weighted by Crippen LogP contribution is -2.56. The van der Waals surface area contributed by atoms with Gasteiger partial charge < -0.3 is 0 Å². The predicted octanol–water partition coefficient (Wildman–Crippen LogP) is 1.59. The Kier molecular flexibility index (Phi) is 4.99. The molecule has 0 aromatic heterocycles. The Morgan fingerprint density at radius 3 is 2.41 bits per heavy atom. The summed E-state index contributed by atoms with van der Waals surface area (Å²) in [7, 11) is -0.213. The summed E-state index contributed by atoms with van der Waals surface area (Å²) in [5.41, 5.74) is 0.406. The summed E-state index contributed by atoms with van der Waals surface area (Å²) < 4.78 is 40.8. The lowest BCUT2D eigenvalue weighted by Gasteiger charge is -2.41. The molecular weight excluding hydrogens is 305 g/mol. The van der Waals surface area contributed by atoms with Crippen LogP contribution in [0, 0.1) is 5.82 Å². The van der Waals surface area contributed by atoms with Gasteiger partial charge in [0.1, 0.15) is 5.82 Å². The van der Waals surface area contributed by atoms with E-state index in [4.69, 9.17) is 0 Å². The number of hydrogen-bond donors (Lipinski definition) is 0. The van der Waals surface area contributed by atoms with Crippen molar-refractivity contribution in [1.29, 1.82) is 0 Å². The van der Waals surface area contributed by atoms with Crippen LogP contribution < -0.4 is 0 Å². The average molecular weight is 327 g/mol. The van der Waals surface area contributed by atoms with Crippen LogP contribution in [0.1, 0.15) is 19.4 Å². The number of likely N-dealkylation sites (N-methyl/N-ethyl adjacent to an activating group) is 1. The van der Waals surface area contributed by atoms with Crippen molar-refractivity contribution in [1.82, 2.24) is 9.21 Å². The number of piperazine rings is 1. The van der Waals surface area contributed by atoms with Gasteiger partial charge in [0, 0.05) is 44.0 Å². The molecule has 0 radical (unpaired) electrons. The molecule has 0 aliphatic carbocycles. The monoisotopic (exact) mass is 327 g/mol. The third kappa shape index (κ3) is 3.21. The van der Waals surface area contributed by atoms with E-state index in [0.29, 0.717) is 18.7 Å². The number of rotatable bonds is 3. The molecule has 2 rings (SSSR count). The second-order valence-electron chi connectivity index (χ2n) is 5.75. The molecule has 7 heteroatoms. The van der Waals surface area contributed by atoms with E-state index in [1.54, 1.807) is 7.05 Å². The Morgan fingerprint density at radius 1 is 1.27 bits per heavy atom. The fraction of sp³-hybridized carbons (Fsp3) is 0.533. The molecule has 1 aromatic rings. The highest BCUT2D eigenvalue weighted by molar-refractivity contribution is 7.89. The quantitative estimate of drug-likeness (QED) is 0.792. The lowest BCUT2D eigenvalue weighted by atomic mass is 10.1. The molecule has 122 valence electrons. The molecule has 1 aliphatic heterocycles. The average Bonchev–Trinajstić information content (AvgIpc) is 2.46. The highest BCUT2D eigenvalue weighted by atomic mass is 32.2. The first-order valence-electron chi connectivity index (χ1n) is 7.21. The Balaban J connectivity index is 2.45. The molecule has 1 fully saturated rings. The van der Waals surface area contributed by atoms with Crippen LogP contribution in [0.5, 0.6) is 0 Å². The molecule has 2 unspecified atom stereocenters. The normalized spacial score (nSPS) is 25.0. The van der Waals surface area contributed by atoms with Crippen LogP contribution in [0.2, 0.25) is 0 Å². The van der Waals surface area contributed by atoms with Crippen LogP contribution in [0.3, 0.4) is 0 Å². The van der Waals surface area contributed by atoms with Crippen molar-refractivity contribution in [3.8, 4) is 0 Å². The number of sulfonamides is 1. The van der Waals surface area contributed by atoms with Gasteiger partial charge in [-0.05, 0) is 39.1 Å². The number of benzene rings is 1.